The molecule has 0 unspecified atom stereocenters. The summed E-state index contributed by atoms with van der Waals surface area (Å²) in [5.41, 5.74) is 3.01. The van der Waals surface area contributed by atoms with Gasteiger partial charge in [0.2, 0.25) is 5.91 Å². The highest BCUT2D eigenvalue weighted by Crippen LogP contribution is 2.06. The SMILES string of the molecule is Cc1ccc(CC(=O)NCc2ocnc2C)cc1. The highest BCUT2D eigenvalue weighted by atomic mass is 16.3. The lowest BCUT2D eigenvalue weighted by Gasteiger charge is -2.04. The van der Waals surface area contributed by atoms with E-state index in [1.165, 1.54) is 12.0 Å². The Balaban J connectivity index is 1.86. The number of nitrogens with one attached hydrogen (secondary N) is 1. The molecule has 0 spiro atoms. The van der Waals surface area contributed by atoms with Crippen LogP contribution in [0.25, 0.3) is 0 Å². The predicted molar refractivity (Wildman–Crippen MR) is 68.0 cm³/mol. The Morgan fingerprint density at radius 1 is 1.28 bits per heavy atom. The van der Waals surface area contributed by atoms with Gasteiger partial charge in [-0.25, -0.2) is 4.98 Å². The number of oxazole rings is 1. The second-order valence-electron chi connectivity index (χ2n) is 4.30. The van der Waals surface area contributed by atoms with Crippen LogP contribution in [0.5, 0.6) is 0 Å². The van der Waals surface area contributed by atoms with Crippen molar-refractivity contribution >= 4 is 5.91 Å². The molecular formula is C14H16N2O2. The largest absolute Gasteiger partial charge is 0.446 e. The van der Waals surface area contributed by atoms with Crippen molar-refractivity contribution in [3.05, 3.63) is 53.2 Å². The van der Waals surface area contributed by atoms with Crippen molar-refractivity contribution in [1.29, 1.82) is 0 Å². The number of rotatable bonds is 4. The van der Waals surface area contributed by atoms with Gasteiger partial charge in [0.25, 0.3) is 0 Å². The molecule has 1 heterocycles. The summed E-state index contributed by atoms with van der Waals surface area (Å²) in [4.78, 5) is 15.7. The van der Waals surface area contributed by atoms with Gasteiger partial charge in [0.05, 0.1) is 18.7 Å². The minimum Gasteiger partial charge on any atom is -0.446 e. The van der Waals surface area contributed by atoms with Crippen LogP contribution in [0.4, 0.5) is 0 Å². The third kappa shape index (κ3) is 3.20. The second kappa shape index (κ2) is 5.49. The molecule has 94 valence electrons. The molecule has 4 nitrogen and oxygen atoms in total. The molecule has 2 aromatic rings. The highest BCUT2D eigenvalue weighted by molar-refractivity contribution is 5.78. The fraction of sp³-hybridized carbons (Fsp3) is 0.286. The highest BCUT2D eigenvalue weighted by Gasteiger charge is 2.07. The predicted octanol–water partition coefficient (Wildman–Crippen LogP) is 2.15. The van der Waals surface area contributed by atoms with E-state index in [-0.39, 0.29) is 5.91 Å². The van der Waals surface area contributed by atoms with Crippen molar-refractivity contribution in [2.45, 2.75) is 26.8 Å². The van der Waals surface area contributed by atoms with E-state index in [4.69, 9.17) is 4.42 Å². The Bertz CT molecular complexity index is 529. The molecule has 18 heavy (non-hydrogen) atoms. The van der Waals surface area contributed by atoms with Gasteiger partial charge in [-0.3, -0.25) is 4.79 Å². The van der Waals surface area contributed by atoms with Crippen LogP contribution < -0.4 is 5.32 Å². The minimum atomic E-state index is -0.0188. The summed E-state index contributed by atoms with van der Waals surface area (Å²) >= 11 is 0. The minimum absolute atomic E-state index is 0.0188. The van der Waals surface area contributed by atoms with E-state index in [0.29, 0.717) is 18.7 Å². The zero-order valence-electron chi connectivity index (χ0n) is 10.6. The number of carbonyl (C=O) groups is 1. The summed E-state index contributed by atoms with van der Waals surface area (Å²) in [6.45, 7) is 4.26. The fourth-order valence-corrected chi connectivity index (χ4v) is 1.63. The van der Waals surface area contributed by atoms with Crippen LogP contribution in [0.2, 0.25) is 0 Å². The van der Waals surface area contributed by atoms with Crippen molar-refractivity contribution in [3.63, 3.8) is 0 Å². The summed E-state index contributed by atoms with van der Waals surface area (Å²) in [5, 5.41) is 2.82. The Hall–Kier alpha value is -2.10. The number of hydrogen-bond donors (Lipinski definition) is 1. The summed E-state index contributed by atoms with van der Waals surface area (Å²) in [5.74, 6) is 0.682. The maximum Gasteiger partial charge on any atom is 0.224 e. The number of hydrogen-bond acceptors (Lipinski definition) is 3. The molecule has 4 heteroatoms. The van der Waals surface area contributed by atoms with E-state index in [1.807, 2.05) is 38.1 Å². The lowest BCUT2D eigenvalue weighted by molar-refractivity contribution is -0.120. The first kappa shape index (κ1) is 12.4. The van der Waals surface area contributed by atoms with Crippen molar-refractivity contribution in [2.75, 3.05) is 0 Å². The molecule has 0 atom stereocenters. The van der Waals surface area contributed by atoms with Gasteiger partial charge in [-0.1, -0.05) is 29.8 Å². The average molecular weight is 244 g/mol. The standard InChI is InChI=1S/C14H16N2O2/c1-10-3-5-12(6-4-10)7-14(17)15-8-13-11(2)16-9-18-13/h3-6,9H,7-8H2,1-2H3,(H,15,17). The van der Waals surface area contributed by atoms with Crippen LogP contribution in [0.3, 0.4) is 0 Å². The van der Waals surface area contributed by atoms with Crippen LogP contribution in [-0.2, 0) is 17.8 Å². The van der Waals surface area contributed by atoms with Crippen LogP contribution >= 0.6 is 0 Å². The Kier molecular flexibility index (Phi) is 3.77. The summed E-state index contributed by atoms with van der Waals surface area (Å²) in [6.07, 6.45) is 1.77. The summed E-state index contributed by atoms with van der Waals surface area (Å²) in [7, 11) is 0. The molecule has 1 aromatic heterocycles. The molecule has 0 saturated carbocycles. The van der Waals surface area contributed by atoms with Gasteiger partial charge in [-0.15, -0.1) is 0 Å². The van der Waals surface area contributed by atoms with Gasteiger partial charge in [0.1, 0.15) is 5.76 Å². The topological polar surface area (TPSA) is 55.1 Å². The number of amides is 1. The number of aromatic nitrogens is 1. The third-order valence-electron chi connectivity index (χ3n) is 2.78. The maximum absolute atomic E-state index is 11.7. The molecule has 1 aromatic carbocycles. The molecule has 1 amide bonds. The lowest BCUT2D eigenvalue weighted by Crippen LogP contribution is -2.24. The van der Waals surface area contributed by atoms with Crippen molar-refractivity contribution in [1.82, 2.24) is 10.3 Å². The van der Waals surface area contributed by atoms with Gasteiger partial charge in [0, 0.05) is 0 Å². The van der Waals surface area contributed by atoms with E-state index in [2.05, 4.69) is 10.3 Å². The summed E-state index contributed by atoms with van der Waals surface area (Å²) < 4.78 is 5.15. The molecule has 0 bridgehead atoms. The summed E-state index contributed by atoms with van der Waals surface area (Å²) in [6, 6.07) is 7.94. The van der Waals surface area contributed by atoms with Gasteiger partial charge < -0.3 is 9.73 Å². The normalized spacial score (nSPS) is 10.3. The number of nitrogens with zero attached hydrogens (tertiary/aromatic N) is 1. The third-order valence-corrected chi connectivity index (χ3v) is 2.78. The van der Waals surface area contributed by atoms with Crippen LogP contribution in [0.15, 0.2) is 35.1 Å². The first-order chi connectivity index (χ1) is 8.65. The van der Waals surface area contributed by atoms with Crippen LogP contribution in [-0.4, -0.2) is 10.9 Å². The van der Waals surface area contributed by atoms with Crippen LogP contribution in [0, 0.1) is 13.8 Å². The maximum atomic E-state index is 11.7. The molecule has 1 N–H and O–H groups in total. The number of carbonyl (C=O) groups excluding carboxylic acids is 1. The smallest absolute Gasteiger partial charge is 0.224 e. The monoisotopic (exact) mass is 244 g/mol. The fourth-order valence-electron chi connectivity index (χ4n) is 1.63. The quantitative estimate of drug-likeness (QED) is 0.896. The molecular weight excluding hydrogens is 228 g/mol. The van der Waals surface area contributed by atoms with Gasteiger partial charge in [-0.2, -0.15) is 0 Å². The van der Waals surface area contributed by atoms with Crippen molar-refractivity contribution in [2.24, 2.45) is 0 Å². The molecule has 0 aliphatic rings. The zero-order valence-corrected chi connectivity index (χ0v) is 10.6. The molecule has 0 aliphatic carbocycles. The molecule has 2 rings (SSSR count). The van der Waals surface area contributed by atoms with Crippen molar-refractivity contribution in [3.8, 4) is 0 Å². The first-order valence-corrected chi connectivity index (χ1v) is 5.86. The van der Waals surface area contributed by atoms with E-state index in [0.717, 1.165) is 11.3 Å². The Labute approximate surface area is 106 Å². The van der Waals surface area contributed by atoms with Gasteiger partial charge in [-0.05, 0) is 19.4 Å². The second-order valence-corrected chi connectivity index (χ2v) is 4.30. The number of benzene rings is 1. The Morgan fingerprint density at radius 3 is 2.61 bits per heavy atom. The zero-order chi connectivity index (χ0) is 13.0. The molecule has 0 fully saturated rings. The molecule has 0 aliphatic heterocycles. The van der Waals surface area contributed by atoms with E-state index < -0.39 is 0 Å². The molecule has 0 saturated heterocycles. The first-order valence-electron chi connectivity index (χ1n) is 5.86. The lowest BCUT2D eigenvalue weighted by atomic mass is 10.1. The van der Waals surface area contributed by atoms with E-state index in [1.54, 1.807) is 0 Å². The van der Waals surface area contributed by atoms with Crippen LogP contribution in [0.1, 0.15) is 22.6 Å². The van der Waals surface area contributed by atoms with Crippen molar-refractivity contribution < 1.29 is 9.21 Å². The van der Waals surface area contributed by atoms with E-state index >= 15 is 0 Å². The average Bonchev–Trinajstić information content (AvgIpc) is 2.75. The molecule has 0 radical (unpaired) electrons. The van der Waals surface area contributed by atoms with E-state index in [9.17, 15) is 4.79 Å². The van der Waals surface area contributed by atoms with Gasteiger partial charge >= 0.3 is 0 Å². The number of aryl methyl sites for hydroxylation is 2. The Morgan fingerprint density at radius 2 is 2.00 bits per heavy atom. The van der Waals surface area contributed by atoms with Gasteiger partial charge in [0.15, 0.2) is 6.39 Å².